The fourth-order valence-electron chi connectivity index (χ4n) is 1.71. The van der Waals surface area contributed by atoms with Crippen LogP contribution in [-0.2, 0) is 6.54 Å². The zero-order valence-corrected chi connectivity index (χ0v) is 12.4. The van der Waals surface area contributed by atoms with E-state index in [-0.39, 0.29) is 24.6 Å². The third kappa shape index (κ3) is 3.68. The quantitative estimate of drug-likeness (QED) is 0.790. The molecular weight excluding hydrogens is 274 g/mol. The molecule has 2 amide bonds. The van der Waals surface area contributed by atoms with Crippen molar-refractivity contribution in [2.75, 3.05) is 6.61 Å². The van der Waals surface area contributed by atoms with Crippen LogP contribution >= 0.6 is 11.3 Å². The summed E-state index contributed by atoms with van der Waals surface area (Å²) in [5.41, 5.74) is 0.956. The average molecular weight is 293 g/mol. The molecule has 2 rings (SSSR count). The molecule has 0 aliphatic carbocycles. The molecule has 6 heteroatoms. The fraction of sp³-hybridized carbons (Fsp3) is 0.429. The molecule has 20 heavy (non-hydrogen) atoms. The Kier molecular flexibility index (Phi) is 4.92. The molecule has 2 unspecified atom stereocenters. The van der Waals surface area contributed by atoms with Crippen molar-refractivity contribution in [3.8, 4) is 0 Å². The zero-order valence-electron chi connectivity index (χ0n) is 11.6. The number of nitrogens with one attached hydrogen (secondary N) is 2. The minimum atomic E-state index is -0.239. The van der Waals surface area contributed by atoms with Gasteiger partial charge in [-0.3, -0.25) is 0 Å². The number of carbonyl (C=O) groups is 1. The number of carbonyl (C=O) groups excluding carboxylic acids is 1. The number of nitrogens with zero attached hydrogens (tertiary/aromatic N) is 1. The molecule has 0 bridgehead atoms. The summed E-state index contributed by atoms with van der Waals surface area (Å²) < 4.78 is 1.12. The largest absolute Gasteiger partial charge is 0.396 e. The third-order valence-corrected chi connectivity index (χ3v) is 4.28. The maximum absolute atomic E-state index is 11.7. The van der Waals surface area contributed by atoms with Gasteiger partial charge in [0.05, 0.1) is 16.8 Å². The van der Waals surface area contributed by atoms with E-state index >= 15 is 0 Å². The van der Waals surface area contributed by atoms with Crippen molar-refractivity contribution in [3.05, 3.63) is 29.3 Å². The Labute approximate surface area is 122 Å². The summed E-state index contributed by atoms with van der Waals surface area (Å²) >= 11 is 1.58. The van der Waals surface area contributed by atoms with E-state index in [1.807, 2.05) is 38.1 Å². The topological polar surface area (TPSA) is 74.2 Å². The average Bonchev–Trinajstić information content (AvgIpc) is 2.87. The van der Waals surface area contributed by atoms with Crippen LogP contribution < -0.4 is 10.6 Å². The molecule has 1 aromatic heterocycles. The van der Waals surface area contributed by atoms with Crippen molar-refractivity contribution in [1.29, 1.82) is 0 Å². The maximum Gasteiger partial charge on any atom is 0.315 e. The SMILES string of the molecule is CC(CO)C(C)NC(=O)NCc1nc2ccccc2s1. The molecule has 2 aromatic rings. The Bertz CT molecular complexity index is 552. The second kappa shape index (κ2) is 6.67. The molecule has 5 nitrogen and oxygen atoms in total. The summed E-state index contributed by atoms with van der Waals surface area (Å²) in [7, 11) is 0. The second-order valence-corrected chi connectivity index (χ2v) is 5.97. The van der Waals surface area contributed by atoms with Crippen LogP contribution in [0.3, 0.4) is 0 Å². The number of aromatic nitrogens is 1. The first-order valence-corrected chi connectivity index (χ1v) is 7.41. The van der Waals surface area contributed by atoms with E-state index < -0.39 is 0 Å². The van der Waals surface area contributed by atoms with Gasteiger partial charge in [-0.25, -0.2) is 9.78 Å². The van der Waals surface area contributed by atoms with Crippen LogP contribution in [0.4, 0.5) is 4.79 Å². The van der Waals surface area contributed by atoms with Gasteiger partial charge in [-0.15, -0.1) is 11.3 Å². The number of rotatable bonds is 5. The van der Waals surface area contributed by atoms with Crippen LogP contribution in [-0.4, -0.2) is 28.8 Å². The number of fused-ring (bicyclic) bond motifs is 1. The predicted molar refractivity (Wildman–Crippen MR) is 80.7 cm³/mol. The molecule has 0 spiro atoms. The highest BCUT2D eigenvalue weighted by atomic mass is 32.1. The van der Waals surface area contributed by atoms with Gasteiger partial charge in [0.25, 0.3) is 0 Å². The Hall–Kier alpha value is -1.66. The maximum atomic E-state index is 11.7. The summed E-state index contributed by atoms with van der Waals surface area (Å²) in [6.07, 6.45) is 0. The normalized spacial score (nSPS) is 13.9. The summed E-state index contributed by atoms with van der Waals surface area (Å²) in [6.45, 7) is 4.22. The molecule has 0 radical (unpaired) electrons. The third-order valence-electron chi connectivity index (χ3n) is 3.24. The van der Waals surface area contributed by atoms with Gasteiger partial charge < -0.3 is 15.7 Å². The van der Waals surface area contributed by atoms with E-state index in [1.54, 1.807) is 11.3 Å². The first-order chi connectivity index (χ1) is 9.60. The highest BCUT2D eigenvalue weighted by molar-refractivity contribution is 7.18. The van der Waals surface area contributed by atoms with Gasteiger partial charge in [-0.2, -0.15) is 0 Å². The van der Waals surface area contributed by atoms with Crippen molar-refractivity contribution in [2.24, 2.45) is 5.92 Å². The smallest absolute Gasteiger partial charge is 0.315 e. The predicted octanol–water partition coefficient (Wildman–Crippen LogP) is 2.11. The number of thiazole rings is 1. The van der Waals surface area contributed by atoms with Crippen LogP contribution in [0, 0.1) is 5.92 Å². The van der Waals surface area contributed by atoms with E-state index in [0.717, 1.165) is 15.2 Å². The van der Waals surface area contributed by atoms with E-state index in [2.05, 4.69) is 15.6 Å². The second-order valence-electron chi connectivity index (χ2n) is 4.85. The highest BCUT2D eigenvalue weighted by Crippen LogP contribution is 2.21. The molecule has 1 aromatic carbocycles. The Morgan fingerprint density at radius 2 is 2.15 bits per heavy atom. The lowest BCUT2D eigenvalue weighted by molar-refractivity contribution is 0.200. The number of urea groups is 1. The van der Waals surface area contributed by atoms with Crippen molar-refractivity contribution < 1.29 is 9.90 Å². The van der Waals surface area contributed by atoms with E-state index in [4.69, 9.17) is 5.11 Å². The van der Waals surface area contributed by atoms with E-state index in [1.165, 1.54) is 0 Å². The Balaban J connectivity index is 1.87. The van der Waals surface area contributed by atoms with Gasteiger partial charge in [-0.05, 0) is 25.0 Å². The molecule has 1 heterocycles. The number of aliphatic hydroxyl groups excluding tert-OH is 1. The van der Waals surface area contributed by atoms with Gasteiger partial charge in [0.1, 0.15) is 5.01 Å². The fourth-order valence-corrected chi connectivity index (χ4v) is 2.62. The summed E-state index contributed by atoms with van der Waals surface area (Å²) in [5.74, 6) is 0.0307. The molecule has 0 saturated carbocycles. The minimum Gasteiger partial charge on any atom is -0.396 e. The molecule has 2 atom stereocenters. The lowest BCUT2D eigenvalue weighted by atomic mass is 10.1. The minimum absolute atomic E-state index is 0.0307. The summed E-state index contributed by atoms with van der Waals surface area (Å²) in [6, 6.07) is 7.58. The molecule has 0 aliphatic heterocycles. The first kappa shape index (κ1) is 14.7. The van der Waals surface area contributed by atoms with Gasteiger partial charge >= 0.3 is 6.03 Å². The van der Waals surface area contributed by atoms with Crippen LogP contribution in [0.15, 0.2) is 24.3 Å². The van der Waals surface area contributed by atoms with E-state index in [9.17, 15) is 4.79 Å². The van der Waals surface area contributed by atoms with Gasteiger partial charge in [0, 0.05) is 12.6 Å². The lowest BCUT2D eigenvalue weighted by Crippen LogP contribution is -2.43. The number of hydrogen-bond acceptors (Lipinski definition) is 4. The molecule has 108 valence electrons. The van der Waals surface area contributed by atoms with Crippen LogP contribution in [0.25, 0.3) is 10.2 Å². The number of aliphatic hydroxyl groups is 1. The summed E-state index contributed by atoms with van der Waals surface area (Å²) in [4.78, 5) is 16.2. The molecule has 0 saturated heterocycles. The number of hydrogen-bond donors (Lipinski definition) is 3. The molecule has 0 aliphatic rings. The van der Waals surface area contributed by atoms with Crippen LogP contribution in [0.5, 0.6) is 0 Å². The van der Waals surface area contributed by atoms with Gasteiger partial charge in [0.2, 0.25) is 0 Å². The molecule has 3 N–H and O–H groups in total. The molecular formula is C14H19N3O2S. The Morgan fingerprint density at radius 3 is 2.85 bits per heavy atom. The lowest BCUT2D eigenvalue weighted by Gasteiger charge is -2.19. The highest BCUT2D eigenvalue weighted by Gasteiger charge is 2.13. The van der Waals surface area contributed by atoms with Gasteiger partial charge in [0.15, 0.2) is 0 Å². The number of amides is 2. The van der Waals surface area contributed by atoms with E-state index in [0.29, 0.717) is 6.54 Å². The number of para-hydroxylation sites is 1. The van der Waals surface area contributed by atoms with Crippen molar-refractivity contribution in [3.63, 3.8) is 0 Å². The standard InChI is InChI=1S/C14H19N3O2S/c1-9(8-18)10(2)16-14(19)15-7-13-17-11-5-3-4-6-12(11)20-13/h3-6,9-10,18H,7-8H2,1-2H3,(H2,15,16,19). The first-order valence-electron chi connectivity index (χ1n) is 6.60. The van der Waals surface area contributed by atoms with Gasteiger partial charge in [-0.1, -0.05) is 19.1 Å². The van der Waals surface area contributed by atoms with Crippen molar-refractivity contribution >= 4 is 27.6 Å². The van der Waals surface area contributed by atoms with Crippen molar-refractivity contribution in [1.82, 2.24) is 15.6 Å². The monoisotopic (exact) mass is 293 g/mol. The molecule has 0 fully saturated rings. The van der Waals surface area contributed by atoms with Crippen LogP contribution in [0.2, 0.25) is 0 Å². The Morgan fingerprint density at radius 1 is 1.40 bits per heavy atom. The van der Waals surface area contributed by atoms with Crippen LogP contribution in [0.1, 0.15) is 18.9 Å². The van der Waals surface area contributed by atoms with Crippen molar-refractivity contribution in [2.45, 2.75) is 26.4 Å². The number of benzene rings is 1. The zero-order chi connectivity index (χ0) is 14.5. The summed E-state index contributed by atoms with van der Waals surface area (Å²) in [5, 5.41) is 15.5.